The van der Waals surface area contributed by atoms with Gasteiger partial charge in [0.2, 0.25) is 0 Å². The van der Waals surface area contributed by atoms with Crippen molar-refractivity contribution in [3.63, 3.8) is 0 Å². The number of carboxylic acid groups (broad SMARTS) is 1. The first-order valence-corrected chi connectivity index (χ1v) is 6.97. The third-order valence-electron chi connectivity index (χ3n) is 3.31. The number of non-ortho nitro benzene ring substituents is 1. The maximum atomic E-state index is 12.0. The van der Waals surface area contributed by atoms with Crippen LogP contribution in [0.4, 0.5) is 10.5 Å². The predicted octanol–water partition coefficient (Wildman–Crippen LogP) is 1.69. The largest absolute Gasteiger partial charge is 0.480 e. The molecule has 2 rings (SSSR count). The number of carbonyl (C=O) groups excluding carboxylic acids is 1. The van der Waals surface area contributed by atoms with Crippen molar-refractivity contribution in [3.8, 4) is 0 Å². The smallest absolute Gasteiger partial charge is 0.410 e. The first-order valence-electron chi connectivity index (χ1n) is 6.46. The molecular formula is C13H14N2O6S. The van der Waals surface area contributed by atoms with E-state index in [-0.39, 0.29) is 30.5 Å². The van der Waals surface area contributed by atoms with Crippen LogP contribution in [0.1, 0.15) is 12.0 Å². The molecule has 9 heteroatoms. The van der Waals surface area contributed by atoms with Crippen LogP contribution in [-0.4, -0.2) is 44.8 Å². The number of nitro benzene ring substituents is 1. The van der Waals surface area contributed by atoms with E-state index < -0.39 is 23.0 Å². The van der Waals surface area contributed by atoms with Crippen LogP contribution < -0.4 is 0 Å². The molecule has 118 valence electrons. The number of benzene rings is 1. The maximum absolute atomic E-state index is 12.0. The quantitative estimate of drug-likeness (QED) is 0.495. The molecule has 0 radical (unpaired) electrons. The summed E-state index contributed by atoms with van der Waals surface area (Å²) in [6.45, 7) is 0.121. The average Bonchev–Trinajstić information content (AvgIpc) is 2.87. The molecule has 0 saturated carbocycles. The Morgan fingerprint density at radius 3 is 2.59 bits per heavy atom. The molecule has 0 aliphatic carbocycles. The molecule has 1 aromatic carbocycles. The summed E-state index contributed by atoms with van der Waals surface area (Å²) in [5.41, 5.74) is 0.519. The molecule has 1 N–H and O–H groups in total. The summed E-state index contributed by atoms with van der Waals surface area (Å²) in [5.74, 6) is -1.09. The lowest BCUT2D eigenvalue weighted by Gasteiger charge is -2.20. The number of thiol groups is 1. The van der Waals surface area contributed by atoms with Gasteiger partial charge in [-0.15, -0.1) is 0 Å². The van der Waals surface area contributed by atoms with E-state index in [1.165, 1.54) is 24.3 Å². The number of rotatable bonds is 4. The normalized spacial score (nSPS) is 20.7. The topological polar surface area (TPSA) is 110 Å². The van der Waals surface area contributed by atoms with Crippen LogP contribution in [0, 0.1) is 10.1 Å². The van der Waals surface area contributed by atoms with Crippen molar-refractivity contribution in [3.05, 3.63) is 39.9 Å². The second-order valence-electron chi connectivity index (χ2n) is 4.87. The number of amides is 1. The fourth-order valence-corrected chi connectivity index (χ4v) is 2.57. The highest BCUT2D eigenvalue weighted by Gasteiger charge is 2.39. The molecule has 0 bridgehead atoms. The van der Waals surface area contributed by atoms with Gasteiger partial charge in [-0.3, -0.25) is 15.0 Å². The highest BCUT2D eigenvalue weighted by Crippen LogP contribution is 2.23. The van der Waals surface area contributed by atoms with Crippen LogP contribution in [0.2, 0.25) is 0 Å². The molecule has 1 heterocycles. The molecule has 22 heavy (non-hydrogen) atoms. The number of hydrogen-bond donors (Lipinski definition) is 2. The van der Waals surface area contributed by atoms with E-state index >= 15 is 0 Å². The zero-order chi connectivity index (χ0) is 16.3. The van der Waals surface area contributed by atoms with E-state index in [9.17, 15) is 19.7 Å². The van der Waals surface area contributed by atoms with Crippen molar-refractivity contribution in [2.45, 2.75) is 24.3 Å². The summed E-state index contributed by atoms with van der Waals surface area (Å²) in [6.07, 6.45) is -0.465. The van der Waals surface area contributed by atoms with Crippen LogP contribution in [0.5, 0.6) is 0 Å². The molecule has 1 aliphatic rings. The van der Waals surface area contributed by atoms with Crippen LogP contribution >= 0.6 is 12.6 Å². The first kappa shape index (κ1) is 16.1. The van der Waals surface area contributed by atoms with Gasteiger partial charge in [0.05, 0.1) is 4.92 Å². The van der Waals surface area contributed by atoms with Gasteiger partial charge < -0.3 is 9.84 Å². The van der Waals surface area contributed by atoms with Gasteiger partial charge in [0.15, 0.2) is 0 Å². The van der Waals surface area contributed by atoms with Crippen LogP contribution in [0.3, 0.4) is 0 Å². The number of carboxylic acids is 1. The molecule has 1 fully saturated rings. The Kier molecular flexibility index (Phi) is 4.86. The number of nitro groups is 1. The molecule has 1 aromatic rings. The number of aliphatic carboxylic acids is 1. The van der Waals surface area contributed by atoms with Crippen molar-refractivity contribution < 1.29 is 24.4 Å². The fourth-order valence-electron chi connectivity index (χ4n) is 2.19. The molecule has 0 unspecified atom stereocenters. The summed E-state index contributed by atoms with van der Waals surface area (Å²) >= 11 is 4.19. The van der Waals surface area contributed by atoms with Crippen molar-refractivity contribution in [2.75, 3.05) is 6.54 Å². The number of hydrogen-bond acceptors (Lipinski definition) is 6. The van der Waals surface area contributed by atoms with E-state index in [1.54, 1.807) is 0 Å². The van der Waals surface area contributed by atoms with Gasteiger partial charge in [-0.1, -0.05) is 0 Å². The van der Waals surface area contributed by atoms with Crippen LogP contribution in [-0.2, 0) is 16.1 Å². The Hall–Kier alpha value is -2.29. The van der Waals surface area contributed by atoms with Gasteiger partial charge in [0.25, 0.3) is 5.69 Å². The standard InChI is InChI=1S/C13H14N2O6S/c16-12(17)11-5-10(22)6-14(11)13(18)21-7-8-1-3-9(4-2-8)15(19)20/h1-4,10-11,22H,5-7H2,(H,16,17)/t10-,11-/m0/s1. The molecule has 2 atom stereocenters. The van der Waals surface area contributed by atoms with Crippen molar-refractivity contribution >= 4 is 30.4 Å². The number of ether oxygens (including phenoxy) is 1. The predicted molar refractivity (Wildman–Crippen MR) is 78.8 cm³/mol. The van der Waals surface area contributed by atoms with Gasteiger partial charge in [0.1, 0.15) is 12.6 Å². The fraction of sp³-hybridized carbons (Fsp3) is 0.385. The van der Waals surface area contributed by atoms with Crippen molar-refractivity contribution in [1.82, 2.24) is 4.90 Å². The van der Waals surface area contributed by atoms with E-state index in [2.05, 4.69) is 12.6 Å². The monoisotopic (exact) mass is 326 g/mol. The minimum absolute atomic E-state index is 0.0570. The Labute approximate surface area is 131 Å². The highest BCUT2D eigenvalue weighted by molar-refractivity contribution is 7.81. The summed E-state index contributed by atoms with van der Waals surface area (Å²) < 4.78 is 5.06. The van der Waals surface area contributed by atoms with E-state index in [4.69, 9.17) is 9.84 Å². The average molecular weight is 326 g/mol. The Morgan fingerprint density at radius 1 is 1.41 bits per heavy atom. The number of carbonyl (C=O) groups is 2. The van der Waals surface area contributed by atoms with E-state index in [0.29, 0.717) is 5.56 Å². The minimum Gasteiger partial charge on any atom is -0.480 e. The van der Waals surface area contributed by atoms with Gasteiger partial charge in [-0.2, -0.15) is 12.6 Å². The zero-order valence-electron chi connectivity index (χ0n) is 11.4. The highest BCUT2D eigenvalue weighted by atomic mass is 32.1. The van der Waals surface area contributed by atoms with Gasteiger partial charge >= 0.3 is 12.1 Å². The Morgan fingerprint density at radius 2 is 2.05 bits per heavy atom. The minimum atomic E-state index is -1.09. The summed E-state index contributed by atoms with van der Waals surface area (Å²) in [6, 6.07) is 4.63. The lowest BCUT2D eigenvalue weighted by atomic mass is 10.2. The molecule has 1 amide bonds. The third-order valence-corrected chi connectivity index (χ3v) is 3.68. The summed E-state index contributed by atoms with van der Waals surface area (Å²) in [5, 5.41) is 19.4. The van der Waals surface area contributed by atoms with Gasteiger partial charge in [-0.05, 0) is 24.1 Å². The SMILES string of the molecule is O=C(O)[C@@H]1C[C@H](S)CN1C(=O)OCc1ccc([N+](=O)[O-])cc1. The third kappa shape index (κ3) is 3.67. The molecule has 1 aliphatic heterocycles. The summed E-state index contributed by atoms with van der Waals surface area (Å²) in [4.78, 5) is 34.2. The Balaban J connectivity index is 1.94. The van der Waals surface area contributed by atoms with Gasteiger partial charge in [-0.25, -0.2) is 9.59 Å². The molecule has 0 aromatic heterocycles. The number of nitrogens with zero attached hydrogens (tertiary/aromatic N) is 2. The van der Waals surface area contributed by atoms with Crippen LogP contribution in [0.25, 0.3) is 0 Å². The van der Waals surface area contributed by atoms with E-state index in [0.717, 1.165) is 4.90 Å². The molecule has 0 spiro atoms. The first-order chi connectivity index (χ1) is 10.4. The van der Waals surface area contributed by atoms with Gasteiger partial charge in [0, 0.05) is 23.9 Å². The lowest BCUT2D eigenvalue weighted by molar-refractivity contribution is -0.384. The van der Waals surface area contributed by atoms with Crippen LogP contribution in [0.15, 0.2) is 24.3 Å². The molecule has 1 saturated heterocycles. The van der Waals surface area contributed by atoms with Crippen molar-refractivity contribution in [2.24, 2.45) is 0 Å². The second-order valence-corrected chi connectivity index (χ2v) is 5.60. The summed E-state index contributed by atoms with van der Waals surface area (Å²) in [7, 11) is 0. The molecule has 8 nitrogen and oxygen atoms in total. The lowest BCUT2D eigenvalue weighted by Crippen LogP contribution is -2.40. The molecular weight excluding hydrogens is 312 g/mol. The maximum Gasteiger partial charge on any atom is 0.410 e. The Bertz CT molecular complexity index is 591. The number of likely N-dealkylation sites (tertiary alicyclic amines) is 1. The zero-order valence-corrected chi connectivity index (χ0v) is 12.3. The van der Waals surface area contributed by atoms with Crippen molar-refractivity contribution in [1.29, 1.82) is 0 Å². The second kappa shape index (κ2) is 6.65. The van der Waals surface area contributed by atoms with E-state index in [1.807, 2.05) is 0 Å².